The smallest absolute Gasteiger partial charge is 0.312 e. The van der Waals surface area contributed by atoms with Crippen LogP contribution in [0, 0.1) is 27.3 Å². The minimum absolute atomic E-state index is 0.0266. The quantitative estimate of drug-likeness (QED) is 0.683. The monoisotopic (exact) mass is 336 g/mol. The number of rotatable bonds is 3. The molecule has 6 nitrogen and oxygen atoms in total. The van der Waals surface area contributed by atoms with E-state index in [1.807, 2.05) is 6.07 Å². The third-order valence-electron chi connectivity index (χ3n) is 2.39. The van der Waals surface area contributed by atoms with Crippen molar-refractivity contribution in [1.29, 1.82) is 5.26 Å². The summed E-state index contributed by atoms with van der Waals surface area (Å²) >= 11 is 3.09. The molecule has 20 heavy (non-hydrogen) atoms. The van der Waals surface area contributed by atoms with E-state index in [0.29, 0.717) is 4.47 Å². The molecule has 0 unspecified atom stereocenters. The highest BCUT2D eigenvalue weighted by molar-refractivity contribution is 9.10. The minimum Gasteiger partial charge on any atom is -0.333 e. The summed E-state index contributed by atoms with van der Waals surface area (Å²) in [6.45, 7) is 0. The zero-order chi connectivity index (χ0) is 14.7. The average molecular weight is 337 g/mol. The number of nitrogens with zero attached hydrogens (tertiary/aromatic N) is 3. The molecule has 0 amide bonds. The highest BCUT2D eigenvalue weighted by atomic mass is 79.9. The molecule has 0 bridgehead atoms. The topological polar surface area (TPSA) is 91.8 Å². The zero-order valence-corrected chi connectivity index (χ0v) is 11.4. The van der Waals surface area contributed by atoms with Gasteiger partial charge in [0.05, 0.1) is 16.2 Å². The fourth-order valence-corrected chi connectivity index (χ4v) is 1.83. The number of hydrogen-bond donors (Lipinski definition) is 1. The Morgan fingerprint density at radius 1 is 1.45 bits per heavy atom. The summed E-state index contributed by atoms with van der Waals surface area (Å²) in [5.74, 6) is -0.591. The lowest BCUT2D eigenvalue weighted by molar-refractivity contribution is -0.384. The van der Waals surface area contributed by atoms with Crippen LogP contribution in [0.15, 0.2) is 34.9 Å². The zero-order valence-electron chi connectivity index (χ0n) is 9.80. The fourth-order valence-electron chi connectivity index (χ4n) is 1.51. The van der Waals surface area contributed by atoms with Crippen LogP contribution in [0.5, 0.6) is 0 Å². The number of pyridine rings is 1. The van der Waals surface area contributed by atoms with E-state index in [4.69, 9.17) is 5.26 Å². The van der Waals surface area contributed by atoms with Crippen LogP contribution in [0.2, 0.25) is 0 Å². The predicted molar refractivity (Wildman–Crippen MR) is 73.0 cm³/mol. The van der Waals surface area contributed by atoms with Crippen molar-refractivity contribution in [3.8, 4) is 6.07 Å². The van der Waals surface area contributed by atoms with Crippen molar-refractivity contribution in [2.75, 3.05) is 5.32 Å². The molecule has 1 N–H and O–H groups in total. The molecule has 0 radical (unpaired) electrons. The summed E-state index contributed by atoms with van der Waals surface area (Å²) in [5, 5.41) is 22.5. The van der Waals surface area contributed by atoms with E-state index < -0.39 is 10.7 Å². The standard InChI is InChI=1S/C12H6BrFN4O2/c13-8-4-11(18(19)20)12(16-6-8)17-10-2-1-9(14)3-7(10)5-15/h1-4,6H,(H,16,17). The molecular formula is C12H6BrFN4O2. The molecule has 0 fully saturated rings. The van der Waals surface area contributed by atoms with Gasteiger partial charge in [-0.1, -0.05) is 0 Å². The molecule has 0 aliphatic heterocycles. The fraction of sp³-hybridized carbons (Fsp3) is 0. The van der Waals surface area contributed by atoms with Crippen LogP contribution in [0.25, 0.3) is 0 Å². The molecule has 1 aromatic heterocycles. The van der Waals surface area contributed by atoms with E-state index in [0.717, 1.165) is 12.1 Å². The summed E-state index contributed by atoms with van der Waals surface area (Å²) < 4.78 is 13.5. The van der Waals surface area contributed by atoms with E-state index in [-0.39, 0.29) is 22.8 Å². The van der Waals surface area contributed by atoms with Gasteiger partial charge in [0.2, 0.25) is 5.82 Å². The van der Waals surface area contributed by atoms with E-state index in [1.165, 1.54) is 18.3 Å². The number of nitrogens with one attached hydrogen (secondary N) is 1. The third-order valence-corrected chi connectivity index (χ3v) is 2.82. The van der Waals surface area contributed by atoms with Crippen molar-refractivity contribution in [3.05, 3.63) is 56.4 Å². The number of anilines is 2. The van der Waals surface area contributed by atoms with E-state index in [1.54, 1.807) is 0 Å². The van der Waals surface area contributed by atoms with E-state index in [2.05, 4.69) is 26.2 Å². The Bertz CT molecular complexity index is 730. The Hall–Kier alpha value is -2.53. The second kappa shape index (κ2) is 5.63. The summed E-state index contributed by atoms with van der Waals surface area (Å²) in [6.07, 6.45) is 1.38. The van der Waals surface area contributed by atoms with Crippen LogP contribution in [-0.4, -0.2) is 9.91 Å². The molecule has 2 aromatic rings. The SMILES string of the molecule is N#Cc1cc(F)ccc1Nc1ncc(Br)cc1[N+](=O)[O-]. The molecular weight excluding hydrogens is 331 g/mol. The number of nitro groups is 1. The number of hydrogen-bond acceptors (Lipinski definition) is 5. The predicted octanol–water partition coefficient (Wildman–Crippen LogP) is 3.51. The van der Waals surface area contributed by atoms with Gasteiger partial charge >= 0.3 is 5.69 Å². The highest BCUT2D eigenvalue weighted by Gasteiger charge is 2.17. The number of aromatic nitrogens is 1. The Morgan fingerprint density at radius 2 is 2.20 bits per heavy atom. The van der Waals surface area contributed by atoms with Crippen molar-refractivity contribution in [3.63, 3.8) is 0 Å². The van der Waals surface area contributed by atoms with Gasteiger partial charge in [0.1, 0.15) is 11.9 Å². The summed E-state index contributed by atoms with van der Waals surface area (Å²) in [6, 6.07) is 6.59. The second-order valence-corrected chi connectivity index (χ2v) is 4.62. The van der Waals surface area contributed by atoms with Crippen molar-refractivity contribution >= 4 is 33.1 Å². The van der Waals surface area contributed by atoms with Gasteiger partial charge in [0, 0.05) is 16.7 Å². The normalized spacial score (nSPS) is 9.85. The van der Waals surface area contributed by atoms with Crippen LogP contribution >= 0.6 is 15.9 Å². The van der Waals surface area contributed by atoms with Crippen LogP contribution in [0.4, 0.5) is 21.6 Å². The van der Waals surface area contributed by atoms with Gasteiger partial charge in [-0.15, -0.1) is 0 Å². The second-order valence-electron chi connectivity index (χ2n) is 3.71. The maximum Gasteiger partial charge on any atom is 0.312 e. The lowest BCUT2D eigenvalue weighted by atomic mass is 10.2. The van der Waals surface area contributed by atoms with E-state index in [9.17, 15) is 14.5 Å². The summed E-state index contributed by atoms with van der Waals surface area (Å²) in [4.78, 5) is 14.2. The largest absolute Gasteiger partial charge is 0.333 e. The van der Waals surface area contributed by atoms with Gasteiger partial charge in [0.25, 0.3) is 0 Å². The first-order valence-corrected chi connectivity index (χ1v) is 6.07. The van der Waals surface area contributed by atoms with Gasteiger partial charge < -0.3 is 5.32 Å². The minimum atomic E-state index is -0.602. The first-order valence-electron chi connectivity index (χ1n) is 5.28. The molecule has 2 rings (SSSR count). The van der Waals surface area contributed by atoms with E-state index >= 15 is 0 Å². The number of nitriles is 1. The lowest BCUT2D eigenvalue weighted by Gasteiger charge is -2.08. The van der Waals surface area contributed by atoms with Gasteiger partial charge in [-0.05, 0) is 34.1 Å². The Labute approximate surface area is 121 Å². The van der Waals surface area contributed by atoms with Crippen LogP contribution in [0.3, 0.4) is 0 Å². The van der Waals surface area contributed by atoms with Crippen molar-refractivity contribution < 1.29 is 9.31 Å². The average Bonchev–Trinajstić information content (AvgIpc) is 2.42. The molecule has 0 atom stereocenters. The van der Waals surface area contributed by atoms with Gasteiger partial charge in [-0.3, -0.25) is 10.1 Å². The van der Waals surface area contributed by atoms with Crippen molar-refractivity contribution in [2.24, 2.45) is 0 Å². The van der Waals surface area contributed by atoms with Crippen LogP contribution < -0.4 is 5.32 Å². The molecule has 0 aliphatic rings. The molecule has 0 spiro atoms. The Kier molecular flexibility index (Phi) is 3.91. The van der Waals surface area contributed by atoms with Crippen molar-refractivity contribution in [2.45, 2.75) is 0 Å². The summed E-state index contributed by atoms with van der Waals surface area (Å²) in [7, 11) is 0. The lowest BCUT2D eigenvalue weighted by Crippen LogP contribution is -2.01. The molecule has 100 valence electrons. The first kappa shape index (κ1) is 13.9. The third kappa shape index (κ3) is 2.89. The van der Waals surface area contributed by atoms with Gasteiger partial charge in [-0.25, -0.2) is 9.37 Å². The molecule has 0 saturated carbocycles. The van der Waals surface area contributed by atoms with Gasteiger partial charge in [0.15, 0.2) is 0 Å². The molecule has 0 aliphatic carbocycles. The molecule has 0 saturated heterocycles. The maximum atomic E-state index is 13.0. The maximum absolute atomic E-state index is 13.0. The summed E-state index contributed by atoms with van der Waals surface area (Å²) in [5.41, 5.74) is 0.0171. The van der Waals surface area contributed by atoms with Crippen molar-refractivity contribution in [1.82, 2.24) is 4.98 Å². The molecule has 1 aromatic carbocycles. The number of benzene rings is 1. The molecule has 1 heterocycles. The Balaban J connectivity index is 2.45. The van der Waals surface area contributed by atoms with Crippen LogP contribution in [0.1, 0.15) is 5.56 Å². The van der Waals surface area contributed by atoms with Gasteiger partial charge in [-0.2, -0.15) is 5.26 Å². The Morgan fingerprint density at radius 3 is 2.85 bits per heavy atom. The molecule has 8 heteroatoms. The highest BCUT2D eigenvalue weighted by Crippen LogP contribution is 2.29. The van der Waals surface area contributed by atoms with Crippen LogP contribution in [-0.2, 0) is 0 Å². The first-order chi connectivity index (χ1) is 9.51. The number of halogens is 2.